The fourth-order valence-corrected chi connectivity index (χ4v) is 7.25. The maximum absolute atomic E-state index is 12.9. The third kappa shape index (κ3) is 6.50. The highest BCUT2D eigenvalue weighted by Crippen LogP contribution is 2.45. The molecule has 9 heteroatoms. The molecule has 1 aromatic heterocycles. The highest BCUT2D eigenvalue weighted by molar-refractivity contribution is 7.91. The summed E-state index contributed by atoms with van der Waals surface area (Å²) in [7, 11) is -3.96. The summed E-state index contributed by atoms with van der Waals surface area (Å²) < 4.78 is 34.3. The average molecular weight is 540 g/mol. The van der Waals surface area contributed by atoms with Crippen molar-refractivity contribution in [2.75, 3.05) is 6.61 Å². The van der Waals surface area contributed by atoms with E-state index in [0.29, 0.717) is 12.2 Å². The van der Waals surface area contributed by atoms with E-state index in [4.69, 9.17) is 22.1 Å². The number of carbonyl (C=O) groups is 1. The maximum atomic E-state index is 12.9. The minimum absolute atomic E-state index is 0.102. The van der Waals surface area contributed by atoms with Gasteiger partial charge in [0.05, 0.1) is 0 Å². The van der Waals surface area contributed by atoms with Crippen LogP contribution in [0.4, 0.5) is 0 Å². The Bertz CT molecular complexity index is 1190. The van der Waals surface area contributed by atoms with Crippen LogP contribution in [0.25, 0.3) is 0 Å². The molecule has 0 fully saturated rings. The van der Waals surface area contributed by atoms with Gasteiger partial charge in [-0.25, -0.2) is 8.42 Å². The lowest BCUT2D eigenvalue weighted by molar-refractivity contribution is -0.138. The van der Waals surface area contributed by atoms with Crippen molar-refractivity contribution in [3.63, 3.8) is 0 Å². The molecular weight excluding hydrogens is 502 g/mol. The summed E-state index contributed by atoms with van der Waals surface area (Å²) in [5.74, 6) is -0.445. The third-order valence-electron chi connectivity index (χ3n) is 6.42. The van der Waals surface area contributed by atoms with Gasteiger partial charge >= 0.3 is 5.97 Å². The molecule has 194 valence electrons. The molecule has 0 spiro atoms. The number of carboxylic acids is 1. The van der Waals surface area contributed by atoms with Crippen molar-refractivity contribution < 1.29 is 23.1 Å². The van der Waals surface area contributed by atoms with Gasteiger partial charge in [-0.1, -0.05) is 59.0 Å². The molecule has 1 heterocycles. The van der Waals surface area contributed by atoms with E-state index in [0.717, 1.165) is 39.5 Å². The highest BCUT2D eigenvalue weighted by Gasteiger charge is 2.35. The first-order valence-corrected chi connectivity index (χ1v) is 14.4. The second-order valence-corrected chi connectivity index (χ2v) is 13.4. The minimum Gasteiger partial charge on any atom is -0.488 e. The number of thiophene rings is 1. The predicted molar refractivity (Wildman–Crippen MR) is 147 cm³/mol. The molecule has 2 rings (SSSR count). The first kappa shape index (κ1) is 29.4. The quantitative estimate of drug-likeness (QED) is 0.339. The largest absolute Gasteiger partial charge is 0.488 e. The molecule has 0 saturated carbocycles. The van der Waals surface area contributed by atoms with Crippen molar-refractivity contribution in [1.82, 2.24) is 4.72 Å². The topological polar surface area (TPSA) is 92.7 Å². The van der Waals surface area contributed by atoms with Crippen molar-refractivity contribution in [3.05, 3.63) is 45.8 Å². The van der Waals surface area contributed by atoms with E-state index in [1.807, 2.05) is 25.1 Å². The van der Waals surface area contributed by atoms with Gasteiger partial charge in [0.2, 0.25) is 0 Å². The third-order valence-corrected chi connectivity index (χ3v) is 10.8. The van der Waals surface area contributed by atoms with Crippen molar-refractivity contribution in [3.8, 4) is 5.75 Å². The molecule has 0 saturated heterocycles. The standard InChI is InChI=1S/C26H37NO5S3/c1-9-26(10-2,19-11-12-20(16(3)13-19)32-15-21(33)25(6,7)8)22-14-17(4)24(34-22)35(30,31)27-18(5)23(28)29/h11-14,18,27H,9-10,15H2,1-8H3,(H,28,29)/t18-/m1/s1. The Labute approximate surface area is 219 Å². The van der Waals surface area contributed by atoms with Gasteiger partial charge < -0.3 is 9.84 Å². The van der Waals surface area contributed by atoms with Crippen LogP contribution in [0.2, 0.25) is 0 Å². The Morgan fingerprint density at radius 2 is 1.74 bits per heavy atom. The summed E-state index contributed by atoms with van der Waals surface area (Å²) in [5, 5.41) is 9.14. The van der Waals surface area contributed by atoms with Gasteiger partial charge in [-0.05, 0) is 67.9 Å². The second kappa shape index (κ2) is 11.1. The summed E-state index contributed by atoms with van der Waals surface area (Å²) in [5.41, 5.74) is 2.20. The van der Waals surface area contributed by atoms with Crippen molar-refractivity contribution in [1.29, 1.82) is 0 Å². The Kier molecular flexibility index (Phi) is 9.30. The van der Waals surface area contributed by atoms with E-state index >= 15 is 0 Å². The van der Waals surface area contributed by atoms with E-state index in [2.05, 4.69) is 45.4 Å². The van der Waals surface area contributed by atoms with Crippen LogP contribution in [0.1, 0.15) is 76.0 Å². The van der Waals surface area contributed by atoms with Gasteiger partial charge in [-0.3, -0.25) is 4.79 Å². The van der Waals surface area contributed by atoms with Crippen LogP contribution >= 0.6 is 23.6 Å². The lowest BCUT2D eigenvalue weighted by Crippen LogP contribution is -2.38. The zero-order chi connectivity index (χ0) is 26.8. The first-order chi connectivity index (χ1) is 16.1. The van der Waals surface area contributed by atoms with Crippen molar-refractivity contribution in [2.24, 2.45) is 5.41 Å². The average Bonchev–Trinajstić information content (AvgIpc) is 3.16. The Balaban J connectivity index is 2.45. The maximum Gasteiger partial charge on any atom is 0.321 e. The number of benzene rings is 1. The van der Waals surface area contributed by atoms with Gasteiger partial charge in [-0.2, -0.15) is 4.72 Å². The molecule has 0 amide bonds. The van der Waals surface area contributed by atoms with Crippen LogP contribution < -0.4 is 9.46 Å². The van der Waals surface area contributed by atoms with Crippen LogP contribution in [0, 0.1) is 19.3 Å². The van der Waals surface area contributed by atoms with Crippen LogP contribution in [0.3, 0.4) is 0 Å². The molecule has 0 unspecified atom stereocenters. The van der Waals surface area contributed by atoms with Gasteiger partial charge in [0.15, 0.2) is 0 Å². The lowest BCUT2D eigenvalue weighted by Gasteiger charge is -2.32. The van der Waals surface area contributed by atoms with Crippen LogP contribution in [-0.2, 0) is 20.2 Å². The first-order valence-electron chi connectivity index (χ1n) is 11.7. The summed E-state index contributed by atoms with van der Waals surface area (Å²) in [6, 6.07) is 6.82. The minimum atomic E-state index is -3.96. The molecule has 0 radical (unpaired) electrons. The summed E-state index contributed by atoms with van der Waals surface area (Å²) in [4.78, 5) is 13.0. The monoisotopic (exact) mass is 539 g/mol. The Morgan fingerprint density at radius 1 is 1.14 bits per heavy atom. The molecule has 6 nitrogen and oxygen atoms in total. The van der Waals surface area contributed by atoms with Crippen molar-refractivity contribution >= 4 is 44.4 Å². The molecule has 0 aliphatic heterocycles. The number of aryl methyl sites for hydroxylation is 2. The Hall–Kier alpha value is -1.81. The smallest absolute Gasteiger partial charge is 0.321 e. The van der Waals surface area contributed by atoms with E-state index in [9.17, 15) is 13.2 Å². The number of carboxylic acid groups (broad SMARTS) is 1. The van der Waals surface area contributed by atoms with Gasteiger partial charge in [0.25, 0.3) is 10.0 Å². The van der Waals surface area contributed by atoms with Gasteiger partial charge in [0.1, 0.15) is 22.6 Å². The number of nitrogens with one attached hydrogen (secondary N) is 1. The molecular formula is C26H37NO5S3. The molecule has 2 N–H and O–H groups in total. The van der Waals surface area contributed by atoms with E-state index in [-0.39, 0.29) is 15.0 Å². The second-order valence-electron chi connectivity index (χ2n) is 9.99. The van der Waals surface area contributed by atoms with Crippen molar-refractivity contribution in [2.45, 2.75) is 83.9 Å². The number of hydrogen-bond donors (Lipinski definition) is 2. The molecule has 2 aromatic rings. The molecule has 1 atom stereocenters. The molecule has 0 aliphatic carbocycles. The lowest BCUT2D eigenvalue weighted by atomic mass is 9.74. The highest BCUT2D eigenvalue weighted by atomic mass is 32.2. The summed E-state index contributed by atoms with van der Waals surface area (Å²) in [6.45, 7) is 15.8. The van der Waals surface area contributed by atoms with Crippen LogP contribution in [0.5, 0.6) is 5.75 Å². The van der Waals surface area contributed by atoms with E-state index < -0.39 is 22.0 Å². The van der Waals surface area contributed by atoms with E-state index in [1.165, 1.54) is 18.3 Å². The van der Waals surface area contributed by atoms with Crippen LogP contribution in [0.15, 0.2) is 28.5 Å². The molecule has 1 aromatic carbocycles. The van der Waals surface area contributed by atoms with Gasteiger partial charge in [0, 0.05) is 15.2 Å². The number of aliphatic carboxylic acids is 1. The number of thiocarbonyl (C=S) groups is 1. The van der Waals surface area contributed by atoms with Crippen LogP contribution in [-0.4, -0.2) is 37.0 Å². The number of hydrogen-bond acceptors (Lipinski definition) is 6. The molecule has 0 bridgehead atoms. The normalized spacial score (nSPS) is 13.5. The zero-order valence-electron chi connectivity index (χ0n) is 21.8. The fourth-order valence-electron chi connectivity index (χ4n) is 3.92. The number of ether oxygens (including phenoxy) is 1. The number of sulfonamides is 1. The summed E-state index contributed by atoms with van der Waals surface area (Å²) >= 11 is 6.70. The predicted octanol–water partition coefficient (Wildman–Crippen LogP) is 6.02. The molecule has 35 heavy (non-hydrogen) atoms. The SMILES string of the molecule is CCC(CC)(c1ccc(OCC(=S)C(C)(C)C)c(C)c1)c1cc(C)c(S(=O)(=O)N[C@H](C)C(=O)O)s1. The Morgan fingerprint density at radius 3 is 2.23 bits per heavy atom. The summed E-state index contributed by atoms with van der Waals surface area (Å²) in [6.07, 6.45) is 1.55. The zero-order valence-corrected chi connectivity index (χ0v) is 24.3. The number of rotatable bonds is 11. The fraction of sp³-hybridized carbons (Fsp3) is 0.538. The molecule has 0 aliphatic rings. The van der Waals surface area contributed by atoms with E-state index in [1.54, 1.807) is 6.92 Å². The van der Waals surface area contributed by atoms with Gasteiger partial charge in [-0.15, -0.1) is 11.3 Å².